The van der Waals surface area contributed by atoms with Crippen LogP contribution in [0.2, 0.25) is 0 Å². The van der Waals surface area contributed by atoms with Crippen LogP contribution in [0.5, 0.6) is 0 Å². The van der Waals surface area contributed by atoms with Gasteiger partial charge in [-0.25, -0.2) is 0 Å². The molecule has 0 aliphatic heterocycles. The lowest BCUT2D eigenvalue weighted by Gasteiger charge is -2.04. The Morgan fingerprint density at radius 3 is 2.56 bits per heavy atom. The van der Waals surface area contributed by atoms with E-state index in [9.17, 15) is 4.79 Å². The Labute approximate surface area is 95.1 Å². The molecule has 0 aromatic heterocycles. The highest BCUT2D eigenvalue weighted by Crippen LogP contribution is 2.14. The minimum absolute atomic E-state index is 0.00681. The van der Waals surface area contributed by atoms with Crippen molar-refractivity contribution in [3.05, 3.63) is 77.9 Å². The lowest BCUT2D eigenvalue weighted by molar-refractivity contribution is 0.103. The highest BCUT2D eigenvalue weighted by Gasteiger charge is 2.10. The smallest absolute Gasteiger partial charge is 0.193 e. The summed E-state index contributed by atoms with van der Waals surface area (Å²) < 4.78 is 0. The highest BCUT2D eigenvalue weighted by atomic mass is 16.1. The van der Waals surface area contributed by atoms with E-state index in [1.54, 1.807) is 18.2 Å². The summed E-state index contributed by atoms with van der Waals surface area (Å²) in [5.41, 5.74) is 2.07. The molecule has 0 unspecified atom stereocenters. The van der Waals surface area contributed by atoms with E-state index in [-0.39, 0.29) is 5.78 Å². The van der Waals surface area contributed by atoms with Crippen molar-refractivity contribution in [2.24, 2.45) is 0 Å². The van der Waals surface area contributed by atoms with Crippen molar-refractivity contribution in [2.45, 2.75) is 0 Å². The van der Waals surface area contributed by atoms with Crippen LogP contribution in [0.1, 0.15) is 21.5 Å². The third kappa shape index (κ3) is 1.94. The van der Waals surface area contributed by atoms with E-state index in [1.165, 1.54) is 0 Å². The highest BCUT2D eigenvalue weighted by molar-refractivity contribution is 6.10. The molecule has 0 aliphatic rings. The lowest BCUT2D eigenvalue weighted by atomic mass is 9.98. The molecule has 0 heterocycles. The van der Waals surface area contributed by atoms with Gasteiger partial charge in [-0.2, -0.15) is 0 Å². The summed E-state index contributed by atoms with van der Waals surface area (Å²) >= 11 is 0. The Morgan fingerprint density at radius 1 is 1.12 bits per heavy atom. The first-order valence-corrected chi connectivity index (χ1v) is 5.06. The van der Waals surface area contributed by atoms with E-state index < -0.39 is 0 Å². The lowest BCUT2D eigenvalue weighted by Crippen LogP contribution is -2.03. The number of hydrogen-bond donors (Lipinski definition) is 0. The second kappa shape index (κ2) is 4.58. The van der Waals surface area contributed by atoms with Crippen LogP contribution in [-0.2, 0) is 0 Å². The first-order chi connectivity index (χ1) is 7.83. The van der Waals surface area contributed by atoms with Crippen molar-refractivity contribution in [2.75, 3.05) is 0 Å². The molecule has 0 bridgehead atoms. The fourth-order valence-electron chi connectivity index (χ4n) is 1.56. The number of ketones is 1. The summed E-state index contributed by atoms with van der Waals surface area (Å²) in [4.78, 5) is 12.2. The van der Waals surface area contributed by atoms with Crippen LogP contribution in [0.25, 0.3) is 6.08 Å². The van der Waals surface area contributed by atoms with E-state index >= 15 is 0 Å². The predicted molar refractivity (Wildman–Crippen MR) is 65.2 cm³/mol. The van der Waals surface area contributed by atoms with Gasteiger partial charge in [0.15, 0.2) is 5.78 Å². The van der Waals surface area contributed by atoms with Gasteiger partial charge in [0.1, 0.15) is 0 Å². The van der Waals surface area contributed by atoms with Gasteiger partial charge in [-0.05, 0) is 11.6 Å². The zero-order valence-electron chi connectivity index (χ0n) is 8.81. The molecular formula is C15H11O. The quantitative estimate of drug-likeness (QED) is 0.705. The van der Waals surface area contributed by atoms with Crippen LogP contribution in [-0.4, -0.2) is 5.78 Å². The first kappa shape index (κ1) is 10.4. The zero-order chi connectivity index (χ0) is 11.4. The molecule has 77 valence electrons. The fraction of sp³-hybridized carbons (Fsp3) is 0. The van der Waals surface area contributed by atoms with E-state index in [4.69, 9.17) is 0 Å². The van der Waals surface area contributed by atoms with Gasteiger partial charge >= 0.3 is 0 Å². The molecule has 2 rings (SSSR count). The van der Waals surface area contributed by atoms with Crippen LogP contribution < -0.4 is 0 Å². The molecule has 0 atom stereocenters. The van der Waals surface area contributed by atoms with E-state index in [2.05, 4.69) is 12.6 Å². The van der Waals surface area contributed by atoms with Gasteiger partial charge in [0.25, 0.3) is 0 Å². The SMILES string of the molecule is C=Cc1[c]cccc1C(=O)c1ccccc1. The zero-order valence-corrected chi connectivity index (χ0v) is 8.81. The molecule has 0 saturated heterocycles. The average Bonchev–Trinajstić information content (AvgIpc) is 2.39. The molecule has 2 aromatic carbocycles. The van der Waals surface area contributed by atoms with Gasteiger partial charge in [0, 0.05) is 11.1 Å². The molecule has 0 saturated carbocycles. The van der Waals surface area contributed by atoms with Crippen molar-refractivity contribution >= 4 is 11.9 Å². The first-order valence-electron chi connectivity index (χ1n) is 5.06. The van der Waals surface area contributed by atoms with Crippen LogP contribution >= 0.6 is 0 Å². The number of carbonyl (C=O) groups is 1. The molecule has 2 aromatic rings. The standard InChI is InChI=1S/C15H11O/c1-2-12-8-6-7-11-14(12)15(16)13-9-4-3-5-10-13/h2-7,9-11H,1H2. The topological polar surface area (TPSA) is 17.1 Å². The van der Waals surface area contributed by atoms with Crippen molar-refractivity contribution in [1.29, 1.82) is 0 Å². The van der Waals surface area contributed by atoms with E-state index in [0.717, 1.165) is 5.56 Å². The number of benzene rings is 2. The third-order valence-corrected chi connectivity index (χ3v) is 2.37. The predicted octanol–water partition coefficient (Wildman–Crippen LogP) is 3.36. The van der Waals surface area contributed by atoms with Crippen LogP contribution in [0, 0.1) is 6.07 Å². The summed E-state index contributed by atoms with van der Waals surface area (Å²) in [7, 11) is 0. The summed E-state index contributed by atoms with van der Waals surface area (Å²) in [5, 5.41) is 0. The average molecular weight is 207 g/mol. The Morgan fingerprint density at radius 2 is 1.88 bits per heavy atom. The number of rotatable bonds is 3. The Hall–Kier alpha value is -2.15. The maximum atomic E-state index is 12.2. The molecule has 1 radical (unpaired) electrons. The molecule has 0 spiro atoms. The molecule has 1 heteroatoms. The monoisotopic (exact) mass is 207 g/mol. The summed E-state index contributed by atoms with van der Waals surface area (Å²) in [6.45, 7) is 3.68. The Bertz CT molecular complexity index is 512. The minimum atomic E-state index is 0.00681. The van der Waals surface area contributed by atoms with Crippen LogP contribution in [0.4, 0.5) is 0 Å². The minimum Gasteiger partial charge on any atom is -0.289 e. The molecule has 0 N–H and O–H groups in total. The van der Waals surface area contributed by atoms with E-state index in [1.807, 2.05) is 36.4 Å². The van der Waals surface area contributed by atoms with Gasteiger partial charge in [-0.1, -0.05) is 61.2 Å². The van der Waals surface area contributed by atoms with Crippen molar-refractivity contribution in [1.82, 2.24) is 0 Å². The van der Waals surface area contributed by atoms with Crippen molar-refractivity contribution in [3.8, 4) is 0 Å². The second-order valence-corrected chi connectivity index (χ2v) is 3.40. The molecule has 16 heavy (non-hydrogen) atoms. The van der Waals surface area contributed by atoms with Crippen LogP contribution in [0.15, 0.2) is 55.1 Å². The summed E-state index contributed by atoms with van der Waals surface area (Å²) in [6.07, 6.45) is 1.65. The maximum absolute atomic E-state index is 12.2. The van der Waals surface area contributed by atoms with Gasteiger partial charge in [-0.15, -0.1) is 0 Å². The maximum Gasteiger partial charge on any atom is 0.193 e. The van der Waals surface area contributed by atoms with Crippen molar-refractivity contribution < 1.29 is 4.79 Å². The van der Waals surface area contributed by atoms with Gasteiger partial charge in [-0.3, -0.25) is 4.79 Å². The Balaban J connectivity index is 2.46. The molecule has 1 nitrogen and oxygen atoms in total. The molecule has 0 amide bonds. The number of hydrogen-bond acceptors (Lipinski definition) is 1. The van der Waals surface area contributed by atoms with Gasteiger partial charge < -0.3 is 0 Å². The van der Waals surface area contributed by atoms with E-state index in [0.29, 0.717) is 11.1 Å². The normalized spacial score (nSPS) is 9.75. The Kier molecular flexibility index (Phi) is 2.97. The molecule has 0 fully saturated rings. The van der Waals surface area contributed by atoms with Crippen molar-refractivity contribution in [3.63, 3.8) is 0 Å². The summed E-state index contributed by atoms with van der Waals surface area (Å²) in [5.74, 6) is 0.00681. The van der Waals surface area contributed by atoms with Gasteiger partial charge in [0.2, 0.25) is 0 Å². The molecule has 0 aliphatic carbocycles. The number of carbonyl (C=O) groups excluding carboxylic acids is 1. The third-order valence-electron chi connectivity index (χ3n) is 2.37. The molecular weight excluding hydrogens is 196 g/mol. The fourth-order valence-corrected chi connectivity index (χ4v) is 1.56. The van der Waals surface area contributed by atoms with Gasteiger partial charge in [0.05, 0.1) is 0 Å². The largest absolute Gasteiger partial charge is 0.289 e. The second-order valence-electron chi connectivity index (χ2n) is 3.40. The van der Waals surface area contributed by atoms with Crippen LogP contribution in [0.3, 0.4) is 0 Å². The summed E-state index contributed by atoms with van der Waals surface area (Å²) in [6, 6.07) is 17.6.